The second-order valence-corrected chi connectivity index (χ2v) is 5.31. The predicted molar refractivity (Wildman–Crippen MR) is 78.4 cm³/mol. The highest BCUT2D eigenvalue weighted by molar-refractivity contribution is 5.96. The van der Waals surface area contributed by atoms with Gasteiger partial charge in [-0.2, -0.15) is 0 Å². The fourth-order valence-corrected chi connectivity index (χ4v) is 2.60. The van der Waals surface area contributed by atoms with E-state index in [0.29, 0.717) is 13.0 Å². The van der Waals surface area contributed by atoms with Crippen molar-refractivity contribution in [1.29, 1.82) is 0 Å². The van der Waals surface area contributed by atoms with Gasteiger partial charge in [0.15, 0.2) is 5.78 Å². The first-order valence-electron chi connectivity index (χ1n) is 7.34. The van der Waals surface area contributed by atoms with Crippen LogP contribution in [0.15, 0.2) is 24.3 Å². The maximum Gasteiger partial charge on any atom is 0.164 e. The van der Waals surface area contributed by atoms with E-state index in [1.165, 1.54) is 37.9 Å². The zero-order valence-electron chi connectivity index (χ0n) is 11.6. The largest absolute Gasteiger partial charge is 0.330 e. The molecule has 1 heterocycles. The monoisotopic (exact) mass is 260 g/mol. The molecule has 1 saturated heterocycles. The minimum atomic E-state index is 0.144. The van der Waals surface area contributed by atoms with E-state index in [4.69, 9.17) is 5.73 Å². The smallest absolute Gasteiger partial charge is 0.164 e. The van der Waals surface area contributed by atoms with Crippen molar-refractivity contribution in [2.45, 2.75) is 32.1 Å². The van der Waals surface area contributed by atoms with Crippen molar-refractivity contribution in [2.75, 3.05) is 26.2 Å². The van der Waals surface area contributed by atoms with Crippen molar-refractivity contribution in [3.8, 4) is 0 Å². The van der Waals surface area contributed by atoms with Crippen LogP contribution < -0.4 is 5.73 Å². The van der Waals surface area contributed by atoms with E-state index < -0.39 is 0 Å². The first-order valence-corrected chi connectivity index (χ1v) is 7.34. The van der Waals surface area contributed by atoms with Crippen LogP contribution in [-0.4, -0.2) is 36.9 Å². The normalized spacial score (nSPS) is 16.5. The van der Waals surface area contributed by atoms with E-state index in [-0.39, 0.29) is 5.78 Å². The van der Waals surface area contributed by atoms with Crippen LogP contribution in [0, 0.1) is 0 Å². The van der Waals surface area contributed by atoms with Crippen molar-refractivity contribution in [3.63, 3.8) is 0 Å². The number of carbonyl (C=O) groups is 1. The summed E-state index contributed by atoms with van der Waals surface area (Å²) in [5.74, 6) is 0.144. The highest BCUT2D eigenvalue weighted by Gasteiger charge is 2.10. The number of nitrogens with zero attached hydrogens (tertiary/aromatic N) is 1. The highest BCUT2D eigenvalue weighted by atomic mass is 16.1. The highest BCUT2D eigenvalue weighted by Crippen LogP contribution is 2.11. The van der Waals surface area contributed by atoms with Crippen LogP contribution in [-0.2, 0) is 6.42 Å². The molecule has 19 heavy (non-hydrogen) atoms. The molecule has 0 aromatic heterocycles. The SMILES string of the molecule is NCCC(=O)c1ccc(CCN2CCCCC2)cc1. The van der Waals surface area contributed by atoms with Gasteiger partial charge in [-0.25, -0.2) is 0 Å². The van der Waals surface area contributed by atoms with Gasteiger partial charge in [-0.05, 0) is 44.5 Å². The van der Waals surface area contributed by atoms with Gasteiger partial charge in [0.25, 0.3) is 0 Å². The van der Waals surface area contributed by atoms with E-state index in [0.717, 1.165) is 18.5 Å². The molecule has 2 N–H and O–H groups in total. The van der Waals surface area contributed by atoms with Crippen LogP contribution in [0.2, 0.25) is 0 Å². The summed E-state index contributed by atoms with van der Waals surface area (Å²) < 4.78 is 0. The summed E-state index contributed by atoms with van der Waals surface area (Å²) in [6.07, 6.45) is 5.58. The maximum absolute atomic E-state index is 11.7. The Morgan fingerprint density at radius 1 is 1.11 bits per heavy atom. The average Bonchev–Trinajstić information content (AvgIpc) is 2.47. The Hall–Kier alpha value is -1.19. The van der Waals surface area contributed by atoms with Crippen LogP contribution in [0.1, 0.15) is 41.6 Å². The Labute approximate surface area is 115 Å². The molecule has 0 spiro atoms. The molecule has 3 heteroatoms. The number of Topliss-reactive ketones (excluding diaryl/α,β-unsaturated/α-hetero) is 1. The zero-order chi connectivity index (χ0) is 13.5. The summed E-state index contributed by atoms with van der Waals surface area (Å²) in [5, 5.41) is 0. The van der Waals surface area contributed by atoms with Crippen molar-refractivity contribution in [1.82, 2.24) is 4.90 Å². The Bertz CT molecular complexity index is 394. The van der Waals surface area contributed by atoms with Gasteiger partial charge < -0.3 is 10.6 Å². The van der Waals surface area contributed by atoms with E-state index in [1.807, 2.05) is 12.1 Å². The van der Waals surface area contributed by atoms with Crippen LogP contribution >= 0.6 is 0 Å². The topological polar surface area (TPSA) is 46.3 Å². The van der Waals surface area contributed by atoms with Gasteiger partial charge in [0, 0.05) is 18.5 Å². The standard InChI is InChI=1S/C16H24N2O/c17-10-8-16(19)15-6-4-14(5-7-15)9-13-18-11-2-1-3-12-18/h4-7H,1-3,8-13,17H2. The first-order chi connectivity index (χ1) is 9.29. The number of hydrogen-bond donors (Lipinski definition) is 1. The number of ketones is 1. The molecule has 1 aliphatic rings. The second kappa shape index (κ2) is 7.41. The number of piperidine rings is 1. The third-order valence-electron chi connectivity index (χ3n) is 3.81. The van der Waals surface area contributed by atoms with E-state index in [2.05, 4.69) is 17.0 Å². The zero-order valence-corrected chi connectivity index (χ0v) is 11.6. The summed E-state index contributed by atoms with van der Waals surface area (Å²) >= 11 is 0. The summed E-state index contributed by atoms with van der Waals surface area (Å²) in [6, 6.07) is 8.02. The van der Waals surface area contributed by atoms with Crippen molar-refractivity contribution in [3.05, 3.63) is 35.4 Å². The molecule has 0 amide bonds. The molecule has 0 unspecified atom stereocenters. The maximum atomic E-state index is 11.7. The average molecular weight is 260 g/mol. The van der Waals surface area contributed by atoms with E-state index in [1.54, 1.807) is 0 Å². The van der Waals surface area contributed by atoms with Gasteiger partial charge in [0.2, 0.25) is 0 Å². The minimum Gasteiger partial charge on any atom is -0.330 e. The fourth-order valence-electron chi connectivity index (χ4n) is 2.60. The molecule has 2 rings (SSSR count). The number of carbonyl (C=O) groups excluding carboxylic acids is 1. The Kier molecular flexibility index (Phi) is 5.55. The predicted octanol–water partition coefficient (Wildman–Crippen LogP) is 2.25. The van der Waals surface area contributed by atoms with Gasteiger partial charge in [-0.1, -0.05) is 30.7 Å². The van der Waals surface area contributed by atoms with Gasteiger partial charge in [0.1, 0.15) is 0 Å². The molecule has 0 radical (unpaired) electrons. The molecule has 1 aromatic rings. The Morgan fingerprint density at radius 2 is 1.79 bits per heavy atom. The number of benzene rings is 1. The Morgan fingerprint density at radius 3 is 2.42 bits per heavy atom. The lowest BCUT2D eigenvalue weighted by Gasteiger charge is -2.26. The Balaban J connectivity index is 1.82. The summed E-state index contributed by atoms with van der Waals surface area (Å²) in [7, 11) is 0. The second-order valence-electron chi connectivity index (χ2n) is 5.31. The van der Waals surface area contributed by atoms with Crippen molar-refractivity contribution >= 4 is 5.78 Å². The summed E-state index contributed by atoms with van der Waals surface area (Å²) in [4.78, 5) is 14.2. The molecule has 1 aliphatic heterocycles. The third kappa shape index (κ3) is 4.44. The molecular formula is C16H24N2O. The molecule has 104 valence electrons. The lowest BCUT2D eigenvalue weighted by Crippen LogP contribution is -2.31. The van der Waals surface area contributed by atoms with E-state index >= 15 is 0 Å². The molecule has 1 aromatic carbocycles. The van der Waals surface area contributed by atoms with Crippen molar-refractivity contribution < 1.29 is 4.79 Å². The number of likely N-dealkylation sites (tertiary alicyclic amines) is 1. The molecule has 0 atom stereocenters. The van der Waals surface area contributed by atoms with Gasteiger partial charge in [-0.15, -0.1) is 0 Å². The van der Waals surface area contributed by atoms with Gasteiger partial charge >= 0.3 is 0 Å². The van der Waals surface area contributed by atoms with Crippen LogP contribution in [0.4, 0.5) is 0 Å². The number of nitrogens with two attached hydrogens (primary N) is 1. The lowest BCUT2D eigenvalue weighted by atomic mass is 10.0. The quantitative estimate of drug-likeness (QED) is 0.798. The first kappa shape index (κ1) is 14.2. The van der Waals surface area contributed by atoms with Crippen LogP contribution in [0.3, 0.4) is 0 Å². The van der Waals surface area contributed by atoms with Crippen molar-refractivity contribution in [2.24, 2.45) is 5.73 Å². The van der Waals surface area contributed by atoms with Crippen LogP contribution in [0.25, 0.3) is 0 Å². The third-order valence-corrected chi connectivity index (χ3v) is 3.81. The lowest BCUT2D eigenvalue weighted by molar-refractivity contribution is 0.0985. The number of hydrogen-bond acceptors (Lipinski definition) is 3. The van der Waals surface area contributed by atoms with E-state index in [9.17, 15) is 4.79 Å². The van der Waals surface area contributed by atoms with Crippen LogP contribution in [0.5, 0.6) is 0 Å². The summed E-state index contributed by atoms with van der Waals surface area (Å²) in [6.45, 7) is 4.05. The molecule has 0 aliphatic carbocycles. The summed E-state index contributed by atoms with van der Waals surface area (Å²) in [5.41, 5.74) is 7.50. The molecule has 1 fully saturated rings. The fraction of sp³-hybridized carbons (Fsp3) is 0.562. The number of rotatable bonds is 6. The minimum absolute atomic E-state index is 0.144. The van der Waals surface area contributed by atoms with Gasteiger partial charge in [-0.3, -0.25) is 4.79 Å². The van der Waals surface area contributed by atoms with Gasteiger partial charge in [0.05, 0.1) is 0 Å². The molecule has 0 bridgehead atoms. The molecular weight excluding hydrogens is 236 g/mol. The molecule has 3 nitrogen and oxygen atoms in total. The molecule has 0 saturated carbocycles.